The fourth-order valence-corrected chi connectivity index (χ4v) is 2.78. The Hall–Kier alpha value is -3.68. The van der Waals surface area contributed by atoms with E-state index in [4.69, 9.17) is 4.74 Å². The van der Waals surface area contributed by atoms with Crippen molar-refractivity contribution >= 4 is 28.7 Å². The summed E-state index contributed by atoms with van der Waals surface area (Å²) < 4.78 is 17.7. The van der Waals surface area contributed by atoms with E-state index in [9.17, 15) is 18.8 Å². The maximum Gasteiger partial charge on any atom is 0.325 e. The normalized spacial score (nSPS) is 10.5. The molecule has 0 saturated heterocycles. The van der Waals surface area contributed by atoms with Gasteiger partial charge in [0.05, 0.1) is 0 Å². The van der Waals surface area contributed by atoms with Gasteiger partial charge in [0.15, 0.2) is 6.61 Å². The number of carbonyl (C=O) groups excluding carboxylic acids is 3. The molecule has 0 radical (unpaired) electrons. The van der Waals surface area contributed by atoms with E-state index < -0.39 is 36.8 Å². The number of hydrogen-bond donors (Lipinski definition) is 3. The zero-order valence-electron chi connectivity index (χ0n) is 15.5. The Balaban J connectivity index is 1.34. The second-order valence-electron chi connectivity index (χ2n) is 6.31. The number of nitrogens with one attached hydrogen (secondary N) is 3. The third kappa shape index (κ3) is 5.65. The van der Waals surface area contributed by atoms with Gasteiger partial charge in [0.25, 0.3) is 11.8 Å². The summed E-state index contributed by atoms with van der Waals surface area (Å²) in [5, 5.41) is 6.14. The van der Waals surface area contributed by atoms with E-state index in [1.807, 2.05) is 30.5 Å². The molecule has 1 heterocycles. The number of fused-ring (bicyclic) bond motifs is 1. The first-order valence-electron chi connectivity index (χ1n) is 9.04. The first kappa shape index (κ1) is 20.1. The number of hydrogen-bond acceptors (Lipinski definition) is 4. The maximum absolute atomic E-state index is 12.8. The van der Waals surface area contributed by atoms with Crippen molar-refractivity contribution in [3.05, 3.63) is 71.7 Å². The number of aromatic amines is 1. The molecular formula is C21H20FN3O4. The summed E-state index contributed by atoms with van der Waals surface area (Å²) in [4.78, 5) is 38.5. The third-order valence-corrected chi connectivity index (χ3v) is 4.26. The largest absolute Gasteiger partial charge is 0.454 e. The standard InChI is InChI=1S/C21H20FN3O4/c22-16-7-5-14(6-8-16)21(28)25-12-20(27)29-13-19(26)23-10-9-15-11-24-18-4-2-1-3-17(15)18/h1-8,11,24H,9-10,12-13H2,(H,23,26)(H,25,28). The number of H-pyrrole nitrogens is 1. The molecular weight excluding hydrogens is 377 g/mol. The zero-order valence-corrected chi connectivity index (χ0v) is 15.5. The predicted octanol–water partition coefficient (Wildman–Crippen LogP) is 1.94. The van der Waals surface area contributed by atoms with Crippen LogP contribution < -0.4 is 10.6 Å². The van der Waals surface area contributed by atoms with Crippen LogP contribution in [0, 0.1) is 5.82 Å². The molecule has 29 heavy (non-hydrogen) atoms. The number of aromatic nitrogens is 1. The Morgan fingerprint density at radius 3 is 2.55 bits per heavy atom. The summed E-state index contributed by atoms with van der Waals surface area (Å²) in [5.41, 5.74) is 2.33. The number of halogens is 1. The van der Waals surface area contributed by atoms with E-state index in [-0.39, 0.29) is 5.56 Å². The molecule has 0 aliphatic carbocycles. The molecule has 0 aliphatic heterocycles. The van der Waals surface area contributed by atoms with E-state index in [0.717, 1.165) is 28.6 Å². The average Bonchev–Trinajstić information content (AvgIpc) is 3.14. The summed E-state index contributed by atoms with van der Waals surface area (Å²) >= 11 is 0. The summed E-state index contributed by atoms with van der Waals surface area (Å²) in [5.74, 6) is -2.17. The number of carbonyl (C=O) groups is 3. The summed E-state index contributed by atoms with van der Waals surface area (Å²) in [6.07, 6.45) is 2.54. The Labute approximate surface area is 166 Å². The van der Waals surface area contributed by atoms with Gasteiger partial charge < -0.3 is 20.4 Å². The number of amides is 2. The molecule has 0 aliphatic rings. The second kappa shape index (κ2) is 9.50. The van der Waals surface area contributed by atoms with Crippen LogP contribution in [0.2, 0.25) is 0 Å². The van der Waals surface area contributed by atoms with Crippen molar-refractivity contribution in [1.82, 2.24) is 15.6 Å². The maximum atomic E-state index is 12.8. The van der Waals surface area contributed by atoms with Crippen LogP contribution in [-0.4, -0.2) is 42.5 Å². The van der Waals surface area contributed by atoms with E-state index >= 15 is 0 Å². The van der Waals surface area contributed by atoms with Crippen LogP contribution in [0.3, 0.4) is 0 Å². The highest BCUT2D eigenvalue weighted by Gasteiger charge is 2.11. The van der Waals surface area contributed by atoms with Gasteiger partial charge in [0, 0.05) is 29.2 Å². The molecule has 7 nitrogen and oxygen atoms in total. The van der Waals surface area contributed by atoms with E-state index in [0.29, 0.717) is 13.0 Å². The molecule has 0 unspecified atom stereocenters. The third-order valence-electron chi connectivity index (χ3n) is 4.26. The first-order chi connectivity index (χ1) is 14.0. The van der Waals surface area contributed by atoms with Gasteiger partial charge in [0.2, 0.25) is 0 Å². The predicted molar refractivity (Wildman–Crippen MR) is 105 cm³/mol. The lowest BCUT2D eigenvalue weighted by atomic mass is 10.1. The van der Waals surface area contributed by atoms with E-state index in [2.05, 4.69) is 15.6 Å². The van der Waals surface area contributed by atoms with Crippen LogP contribution in [0.1, 0.15) is 15.9 Å². The first-order valence-corrected chi connectivity index (χ1v) is 9.04. The van der Waals surface area contributed by atoms with Crippen LogP contribution in [0.25, 0.3) is 10.9 Å². The molecule has 0 fully saturated rings. The molecule has 150 valence electrons. The number of benzene rings is 2. The van der Waals surface area contributed by atoms with Crippen molar-refractivity contribution < 1.29 is 23.5 Å². The average molecular weight is 397 g/mol. The quantitative estimate of drug-likeness (QED) is 0.506. The Morgan fingerprint density at radius 2 is 1.76 bits per heavy atom. The fraction of sp³-hybridized carbons (Fsp3) is 0.190. The van der Waals surface area contributed by atoms with Gasteiger partial charge in [-0.1, -0.05) is 18.2 Å². The molecule has 0 saturated carbocycles. The minimum Gasteiger partial charge on any atom is -0.454 e. The lowest BCUT2D eigenvalue weighted by molar-refractivity contribution is -0.147. The lowest BCUT2D eigenvalue weighted by Crippen LogP contribution is -2.34. The highest BCUT2D eigenvalue weighted by Crippen LogP contribution is 2.17. The van der Waals surface area contributed by atoms with Gasteiger partial charge in [-0.25, -0.2) is 4.39 Å². The minimum absolute atomic E-state index is 0.217. The van der Waals surface area contributed by atoms with Crippen molar-refractivity contribution in [1.29, 1.82) is 0 Å². The van der Waals surface area contributed by atoms with Gasteiger partial charge in [-0.3, -0.25) is 14.4 Å². The van der Waals surface area contributed by atoms with Gasteiger partial charge in [0.1, 0.15) is 12.4 Å². The zero-order chi connectivity index (χ0) is 20.6. The van der Waals surface area contributed by atoms with Crippen LogP contribution in [-0.2, 0) is 20.7 Å². The van der Waals surface area contributed by atoms with Crippen LogP contribution in [0.4, 0.5) is 4.39 Å². The molecule has 3 aromatic rings. The molecule has 2 aromatic carbocycles. The Morgan fingerprint density at radius 1 is 1.00 bits per heavy atom. The molecule has 8 heteroatoms. The SMILES string of the molecule is O=C(COC(=O)CNC(=O)c1ccc(F)cc1)NCCc1c[nH]c2ccccc12. The van der Waals surface area contributed by atoms with Crippen LogP contribution in [0.15, 0.2) is 54.7 Å². The summed E-state index contributed by atoms with van der Waals surface area (Å²) in [6.45, 7) is -0.419. The Bertz CT molecular complexity index is 1010. The van der Waals surface area contributed by atoms with Crippen LogP contribution >= 0.6 is 0 Å². The molecule has 0 bridgehead atoms. The van der Waals surface area contributed by atoms with Crippen molar-refractivity contribution in [2.75, 3.05) is 19.7 Å². The van der Waals surface area contributed by atoms with Crippen molar-refractivity contribution in [3.63, 3.8) is 0 Å². The molecule has 1 aromatic heterocycles. The van der Waals surface area contributed by atoms with Gasteiger partial charge >= 0.3 is 5.97 Å². The summed E-state index contributed by atoms with van der Waals surface area (Å²) in [7, 11) is 0. The van der Waals surface area contributed by atoms with Crippen LogP contribution in [0.5, 0.6) is 0 Å². The Kier molecular flexibility index (Phi) is 6.57. The smallest absolute Gasteiger partial charge is 0.325 e. The van der Waals surface area contributed by atoms with Crippen molar-refractivity contribution in [2.24, 2.45) is 0 Å². The topological polar surface area (TPSA) is 100 Å². The number of para-hydroxylation sites is 1. The highest BCUT2D eigenvalue weighted by atomic mass is 19.1. The minimum atomic E-state index is -0.743. The summed E-state index contributed by atoms with van der Waals surface area (Å²) in [6, 6.07) is 12.8. The molecule has 0 atom stereocenters. The van der Waals surface area contributed by atoms with Gasteiger partial charge in [-0.15, -0.1) is 0 Å². The monoisotopic (exact) mass is 397 g/mol. The lowest BCUT2D eigenvalue weighted by Gasteiger charge is -2.07. The number of rotatable bonds is 8. The van der Waals surface area contributed by atoms with Crippen molar-refractivity contribution in [3.8, 4) is 0 Å². The molecule has 3 rings (SSSR count). The van der Waals surface area contributed by atoms with Gasteiger partial charge in [-0.05, 0) is 42.3 Å². The number of ether oxygens (including phenoxy) is 1. The van der Waals surface area contributed by atoms with E-state index in [1.54, 1.807) is 0 Å². The molecule has 3 N–H and O–H groups in total. The number of esters is 1. The molecule has 2 amide bonds. The fourth-order valence-electron chi connectivity index (χ4n) is 2.78. The second-order valence-corrected chi connectivity index (χ2v) is 6.31. The highest BCUT2D eigenvalue weighted by molar-refractivity contribution is 5.96. The van der Waals surface area contributed by atoms with Gasteiger partial charge in [-0.2, -0.15) is 0 Å². The molecule has 0 spiro atoms. The van der Waals surface area contributed by atoms with Crippen molar-refractivity contribution in [2.45, 2.75) is 6.42 Å². The van der Waals surface area contributed by atoms with E-state index in [1.165, 1.54) is 12.1 Å².